The fourth-order valence-electron chi connectivity index (χ4n) is 13.7. The van der Waals surface area contributed by atoms with Crippen LogP contribution in [0.15, 0.2) is 309 Å². The molecule has 2 atom stereocenters. The smallest absolute Gasteiger partial charge is 0.171 e. The highest BCUT2D eigenvalue weighted by Crippen LogP contribution is 2.49. The molecule has 1 aliphatic rings. The number of rotatable bonds is 5. The number of nitrogens with zero attached hydrogens (tertiary/aromatic N) is 3. The van der Waals surface area contributed by atoms with Gasteiger partial charge in [-0.25, -0.2) is 0 Å². The van der Waals surface area contributed by atoms with Gasteiger partial charge in [0.25, 0.3) is 0 Å². The van der Waals surface area contributed by atoms with Crippen LogP contribution in [0.2, 0.25) is 0 Å². The van der Waals surface area contributed by atoms with Gasteiger partial charge < -0.3 is 22.8 Å². The lowest BCUT2D eigenvalue weighted by Gasteiger charge is -2.21. The fraction of sp³-hybridized carbons (Fsp3) is 0. The molecule has 5 nitrogen and oxygen atoms in total. The monoisotopic (exact) mass is 1120 g/mol. The summed E-state index contributed by atoms with van der Waals surface area (Å²) < 4.78 is 41.4. The Hall–Kier alpha value is -10.3. The van der Waals surface area contributed by atoms with Gasteiger partial charge in [0.1, 0.15) is 0 Å². The Morgan fingerprint density at radius 3 is 0.706 bits per heavy atom. The third-order valence-corrected chi connectivity index (χ3v) is 23.8. The molecule has 85 heavy (non-hydrogen) atoms. The minimum Gasteiger partial charge on any atom is -0.309 e. The van der Waals surface area contributed by atoms with E-state index in [0.29, 0.717) is 10.6 Å². The molecule has 17 rings (SSSR count). The molecule has 16 bridgehead atoms. The van der Waals surface area contributed by atoms with E-state index in [1.165, 1.54) is 0 Å². The third-order valence-electron chi connectivity index (χ3n) is 17.7. The maximum absolute atomic E-state index is 17.2. The van der Waals surface area contributed by atoms with Crippen LogP contribution in [0.4, 0.5) is 0 Å². The first-order valence-electron chi connectivity index (χ1n) is 28.8. The van der Waals surface area contributed by atoms with E-state index >= 15 is 9.13 Å². The summed E-state index contributed by atoms with van der Waals surface area (Å²) in [5.74, 6) is 0. The number of benzene rings is 13. The molecule has 2 unspecified atom stereocenters. The molecule has 7 heteroatoms. The average molecular weight is 1120 g/mol. The van der Waals surface area contributed by atoms with Gasteiger partial charge in [0.2, 0.25) is 0 Å². The zero-order valence-electron chi connectivity index (χ0n) is 46.0. The molecule has 3 aromatic heterocycles. The number of hydrogen-bond acceptors (Lipinski definition) is 2. The largest absolute Gasteiger partial charge is 0.309 e. The van der Waals surface area contributed by atoms with Gasteiger partial charge in [-0.05, 0) is 179 Å². The summed E-state index contributed by atoms with van der Waals surface area (Å²) in [5, 5.41) is 10.4. The van der Waals surface area contributed by atoms with Gasteiger partial charge in [0.05, 0.1) is 33.1 Å². The Kier molecular flexibility index (Phi) is 11.1. The summed E-state index contributed by atoms with van der Waals surface area (Å²) in [5.41, 5.74) is 15.8. The van der Waals surface area contributed by atoms with E-state index in [-0.39, 0.29) is 0 Å². The third kappa shape index (κ3) is 7.58. The van der Waals surface area contributed by atoms with Crippen molar-refractivity contribution in [3.8, 4) is 50.4 Å². The number of fused-ring (bicyclic) bond motifs is 13. The summed E-state index contributed by atoms with van der Waals surface area (Å²) in [6, 6.07) is 108. The summed E-state index contributed by atoms with van der Waals surface area (Å²) in [7, 11) is -7.31. The fourth-order valence-corrected chi connectivity index (χ4v) is 19.0. The van der Waals surface area contributed by atoms with Crippen molar-refractivity contribution in [3.05, 3.63) is 309 Å². The van der Waals surface area contributed by atoms with Crippen LogP contribution < -0.4 is 31.8 Å². The minimum absolute atomic E-state index is 0.712. The molecule has 16 aromatic rings. The van der Waals surface area contributed by atoms with E-state index in [0.717, 1.165) is 137 Å². The van der Waals surface area contributed by atoms with E-state index in [9.17, 15) is 0 Å². The highest BCUT2D eigenvalue weighted by molar-refractivity contribution is 7.85. The van der Waals surface area contributed by atoms with Crippen LogP contribution in [0, 0.1) is 0 Å². The Balaban J connectivity index is 0.995. The molecule has 0 spiro atoms. The van der Waals surface area contributed by atoms with Crippen LogP contribution in [-0.2, 0) is 9.13 Å². The topological polar surface area (TPSA) is 48.9 Å². The predicted octanol–water partition coefficient (Wildman–Crippen LogP) is 17.6. The van der Waals surface area contributed by atoms with Crippen LogP contribution in [0.1, 0.15) is 0 Å². The molecule has 0 radical (unpaired) electrons. The molecule has 13 aromatic carbocycles. The maximum Gasteiger partial charge on any atom is 0.171 e. The lowest BCUT2D eigenvalue weighted by Crippen LogP contribution is -2.25. The van der Waals surface area contributed by atoms with Crippen molar-refractivity contribution in [1.82, 2.24) is 13.7 Å². The Labute approximate surface area is 491 Å². The molecule has 4 heterocycles. The first-order chi connectivity index (χ1) is 41.9. The normalized spacial score (nSPS) is 15.7. The van der Waals surface area contributed by atoms with Gasteiger partial charge in [-0.2, -0.15) is 0 Å². The van der Waals surface area contributed by atoms with Crippen LogP contribution in [-0.4, -0.2) is 13.7 Å². The summed E-state index contributed by atoms with van der Waals surface area (Å²) in [6.07, 6.45) is 0. The number of para-hydroxylation sites is 3. The lowest BCUT2D eigenvalue weighted by molar-refractivity contribution is 0.591. The van der Waals surface area contributed by atoms with Crippen LogP contribution in [0.5, 0.6) is 0 Å². The van der Waals surface area contributed by atoms with Gasteiger partial charge in [-0.1, -0.05) is 164 Å². The van der Waals surface area contributed by atoms with Gasteiger partial charge >= 0.3 is 0 Å². The van der Waals surface area contributed by atoms with Gasteiger partial charge in [-0.15, -0.1) is 0 Å². The molecule has 0 saturated carbocycles. The molecule has 0 amide bonds. The van der Waals surface area contributed by atoms with E-state index in [1.807, 2.05) is 66.7 Å². The summed E-state index contributed by atoms with van der Waals surface area (Å²) in [4.78, 5) is 0. The van der Waals surface area contributed by atoms with Crippen LogP contribution in [0.3, 0.4) is 0 Å². The first-order valence-corrected chi connectivity index (χ1v) is 32.3. The zero-order valence-corrected chi connectivity index (χ0v) is 47.8. The minimum atomic E-state index is -3.65. The van der Waals surface area contributed by atoms with E-state index < -0.39 is 14.3 Å². The standard InChI is InChI=1S/C78H51N3O2P2/c82-84(61-28-12-4-13-29-61)63-34-40-75-69(48-63)67-46-56(32-38-73(67)79(75)58-22-6-1-7-23-58)54-20-16-18-52(44-54)53-19-17-21-55(45-53)57-33-39-74-68(47-57)70-49-64(35-41-76(70)80(74)59-24-8-2-9-25-59)85(83,62-30-14-5-15-31-62)66-37-43-78-72(51-66)71-50-65(84)36-42-77(71)81(78)60-26-10-3-11-27-60/h1-51H. The maximum atomic E-state index is 17.2. The quantitative estimate of drug-likeness (QED) is 0.161. The molecule has 0 saturated heterocycles. The van der Waals surface area contributed by atoms with Crippen molar-refractivity contribution in [2.45, 2.75) is 0 Å². The Morgan fingerprint density at radius 2 is 0.424 bits per heavy atom. The summed E-state index contributed by atoms with van der Waals surface area (Å²) >= 11 is 0. The second kappa shape index (κ2) is 19.1. The Morgan fingerprint density at radius 1 is 0.188 bits per heavy atom. The highest BCUT2D eigenvalue weighted by atomic mass is 31.2. The van der Waals surface area contributed by atoms with Crippen molar-refractivity contribution in [1.29, 1.82) is 0 Å². The second-order valence-corrected chi connectivity index (χ2v) is 27.9. The molecule has 0 N–H and O–H groups in total. The van der Waals surface area contributed by atoms with Crippen LogP contribution >= 0.6 is 14.3 Å². The molecule has 1 aliphatic heterocycles. The number of hydrogen-bond donors (Lipinski definition) is 0. The summed E-state index contributed by atoms with van der Waals surface area (Å²) in [6.45, 7) is 0. The lowest BCUT2D eigenvalue weighted by atomic mass is 9.95. The number of aromatic nitrogens is 3. The van der Waals surface area contributed by atoms with Crippen molar-refractivity contribution < 1.29 is 9.13 Å². The predicted molar refractivity (Wildman–Crippen MR) is 358 cm³/mol. The zero-order chi connectivity index (χ0) is 56.4. The van der Waals surface area contributed by atoms with Crippen LogP contribution in [0.25, 0.3) is 116 Å². The molecule has 400 valence electrons. The second-order valence-electron chi connectivity index (χ2n) is 22.3. The SMILES string of the molecule is O=P1(c2ccccc2)c2ccc3c(c2)c2cc(ccc2n3-c2ccccc2)-c2cccc(c2)-c2cccc(c2)-c2ccc3c(c2)c2cc(ccc2n3-c2ccccc2)P(=O)(c2ccccc2)c2ccc3c(c2)c2cc1ccc2n3-c1ccccc1. The van der Waals surface area contributed by atoms with E-state index in [1.54, 1.807) is 0 Å². The van der Waals surface area contributed by atoms with E-state index in [4.69, 9.17) is 0 Å². The first kappa shape index (κ1) is 49.3. The molecule has 0 fully saturated rings. The van der Waals surface area contributed by atoms with Crippen molar-refractivity contribution in [3.63, 3.8) is 0 Å². The average Bonchev–Trinajstić information content (AvgIpc) is 4.04. The molecular formula is C78H51N3O2P2. The van der Waals surface area contributed by atoms with E-state index in [2.05, 4.69) is 256 Å². The molecular weight excluding hydrogens is 1070 g/mol. The van der Waals surface area contributed by atoms with Crippen molar-refractivity contribution in [2.75, 3.05) is 0 Å². The van der Waals surface area contributed by atoms with Gasteiger partial charge in [0, 0.05) is 81.2 Å². The van der Waals surface area contributed by atoms with Crippen molar-refractivity contribution >= 4 is 112 Å². The highest BCUT2D eigenvalue weighted by Gasteiger charge is 2.34. The Bertz CT molecular complexity index is 5150. The van der Waals surface area contributed by atoms with Gasteiger partial charge in [-0.3, -0.25) is 0 Å². The van der Waals surface area contributed by atoms with Gasteiger partial charge in [0.15, 0.2) is 14.3 Å². The van der Waals surface area contributed by atoms with Crippen molar-refractivity contribution in [2.24, 2.45) is 0 Å². The molecule has 0 aliphatic carbocycles.